The first-order chi connectivity index (χ1) is 28.2. The van der Waals surface area contributed by atoms with E-state index in [-0.39, 0.29) is 0 Å². The van der Waals surface area contributed by atoms with Gasteiger partial charge in [-0.3, -0.25) is 0 Å². The van der Waals surface area contributed by atoms with E-state index in [0.717, 1.165) is 44.2 Å². The zero-order chi connectivity index (χ0) is 37.5. The fourth-order valence-corrected chi connectivity index (χ4v) is 10.6. The number of thiophene rings is 2. The molecule has 0 saturated carbocycles. The van der Waals surface area contributed by atoms with Gasteiger partial charge >= 0.3 is 0 Å². The Kier molecular flexibility index (Phi) is 7.24. The fourth-order valence-electron chi connectivity index (χ4n) is 8.23. The SMILES string of the molecule is c1ccc(-c2nc(-c3ccccc3)nc(-c3ccc4c(c3)sc3cccc(-c5cc(-c6ccc7c(c6)oc6ccccc67)c6sc7ccccc7c6c5)c34)n2)cc1. The molecule has 57 heavy (non-hydrogen) atoms. The standard InChI is InChI=1S/C51H29N3OS2/c1-3-12-30(13-4-1)49-52-50(31-14-5-2-6-15-31)54-51(53-49)33-23-25-39-46(29-33)56-45-21-11-18-35(47(39)45)34-26-40(48-41(27-34)38-17-8-10-20-44(38)57-48)32-22-24-37-36-16-7-9-19-42(36)55-43(37)28-32/h1-29H. The lowest BCUT2D eigenvalue weighted by Gasteiger charge is -2.11. The molecule has 12 rings (SSSR count). The van der Waals surface area contributed by atoms with Gasteiger partial charge in [0.2, 0.25) is 0 Å². The Balaban J connectivity index is 1.04. The van der Waals surface area contributed by atoms with Crippen LogP contribution >= 0.6 is 22.7 Å². The molecule has 0 unspecified atom stereocenters. The van der Waals surface area contributed by atoms with Crippen molar-refractivity contribution in [2.45, 2.75) is 0 Å². The predicted molar refractivity (Wildman–Crippen MR) is 240 cm³/mol. The molecule has 0 fully saturated rings. The third kappa shape index (κ3) is 5.30. The van der Waals surface area contributed by atoms with Gasteiger partial charge in [0.1, 0.15) is 11.2 Å². The number of para-hydroxylation sites is 1. The molecule has 0 aliphatic rings. The first-order valence-electron chi connectivity index (χ1n) is 18.9. The highest BCUT2D eigenvalue weighted by atomic mass is 32.1. The van der Waals surface area contributed by atoms with Crippen molar-refractivity contribution >= 4 is 85.0 Å². The van der Waals surface area contributed by atoms with Crippen LogP contribution in [-0.4, -0.2) is 15.0 Å². The minimum absolute atomic E-state index is 0.656. The molecule has 0 bridgehead atoms. The van der Waals surface area contributed by atoms with Crippen LogP contribution in [0.25, 0.3) is 119 Å². The van der Waals surface area contributed by atoms with Crippen LogP contribution in [-0.2, 0) is 0 Å². The molecule has 0 amide bonds. The molecule has 0 radical (unpaired) electrons. The number of rotatable bonds is 5. The summed E-state index contributed by atoms with van der Waals surface area (Å²) in [4.78, 5) is 14.9. The molecule has 4 aromatic heterocycles. The zero-order valence-electron chi connectivity index (χ0n) is 30.3. The van der Waals surface area contributed by atoms with Crippen molar-refractivity contribution in [1.82, 2.24) is 15.0 Å². The van der Waals surface area contributed by atoms with Crippen LogP contribution in [0.15, 0.2) is 180 Å². The quantitative estimate of drug-likeness (QED) is 0.175. The second-order valence-electron chi connectivity index (χ2n) is 14.3. The van der Waals surface area contributed by atoms with E-state index in [1.165, 1.54) is 57.0 Å². The maximum Gasteiger partial charge on any atom is 0.164 e. The Morgan fingerprint density at radius 2 is 0.965 bits per heavy atom. The van der Waals surface area contributed by atoms with E-state index in [4.69, 9.17) is 19.4 Å². The Bertz CT molecular complexity index is 3470. The molecule has 12 aromatic rings. The smallest absolute Gasteiger partial charge is 0.164 e. The molecule has 0 atom stereocenters. The summed E-state index contributed by atoms with van der Waals surface area (Å²) in [7, 11) is 0. The predicted octanol–water partition coefficient (Wildman–Crippen LogP) is 14.8. The summed E-state index contributed by atoms with van der Waals surface area (Å²) < 4.78 is 11.4. The molecule has 266 valence electrons. The van der Waals surface area contributed by atoms with Gasteiger partial charge in [0, 0.05) is 73.4 Å². The molecular weight excluding hydrogens is 735 g/mol. The maximum atomic E-state index is 6.39. The lowest BCUT2D eigenvalue weighted by Crippen LogP contribution is -1.99. The summed E-state index contributed by atoms with van der Waals surface area (Å²) in [5.41, 5.74) is 9.45. The van der Waals surface area contributed by atoms with Crippen molar-refractivity contribution in [1.29, 1.82) is 0 Å². The van der Waals surface area contributed by atoms with Gasteiger partial charge in [0.15, 0.2) is 17.5 Å². The van der Waals surface area contributed by atoms with Gasteiger partial charge in [0.05, 0.1) is 0 Å². The Morgan fingerprint density at radius 1 is 0.333 bits per heavy atom. The van der Waals surface area contributed by atoms with Crippen LogP contribution in [0.1, 0.15) is 0 Å². The van der Waals surface area contributed by atoms with E-state index in [2.05, 4.69) is 103 Å². The fraction of sp³-hybridized carbons (Fsp3) is 0. The Labute approximate surface area is 335 Å². The second-order valence-corrected chi connectivity index (χ2v) is 16.5. The van der Waals surface area contributed by atoms with Crippen LogP contribution in [0.4, 0.5) is 0 Å². The second kappa shape index (κ2) is 12.8. The molecule has 4 nitrogen and oxygen atoms in total. The van der Waals surface area contributed by atoms with Gasteiger partial charge < -0.3 is 4.42 Å². The number of hydrogen-bond donors (Lipinski definition) is 0. The third-order valence-electron chi connectivity index (χ3n) is 10.9. The van der Waals surface area contributed by atoms with E-state index in [9.17, 15) is 0 Å². The van der Waals surface area contributed by atoms with E-state index in [0.29, 0.717) is 17.5 Å². The summed E-state index contributed by atoms with van der Waals surface area (Å²) >= 11 is 3.67. The van der Waals surface area contributed by atoms with Crippen molar-refractivity contribution in [3.05, 3.63) is 176 Å². The molecule has 0 aliphatic carbocycles. The number of fused-ring (bicyclic) bond motifs is 9. The minimum atomic E-state index is 0.656. The largest absolute Gasteiger partial charge is 0.456 e. The average Bonchev–Trinajstić information content (AvgIpc) is 3.97. The van der Waals surface area contributed by atoms with Crippen LogP contribution in [0.2, 0.25) is 0 Å². The van der Waals surface area contributed by atoms with Gasteiger partial charge in [-0.1, -0.05) is 127 Å². The summed E-state index contributed by atoms with van der Waals surface area (Å²) in [5, 5.41) is 7.30. The molecule has 4 heterocycles. The first-order valence-corrected chi connectivity index (χ1v) is 20.6. The lowest BCUT2D eigenvalue weighted by molar-refractivity contribution is 0.669. The van der Waals surface area contributed by atoms with Crippen LogP contribution in [0.5, 0.6) is 0 Å². The van der Waals surface area contributed by atoms with Gasteiger partial charge in [-0.15, -0.1) is 22.7 Å². The highest BCUT2D eigenvalue weighted by molar-refractivity contribution is 7.26. The van der Waals surface area contributed by atoms with Gasteiger partial charge in [-0.05, 0) is 65.2 Å². The van der Waals surface area contributed by atoms with Crippen molar-refractivity contribution in [3.8, 4) is 56.4 Å². The van der Waals surface area contributed by atoms with Crippen molar-refractivity contribution in [3.63, 3.8) is 0 Å². The monoisotopic (exact) mass is 763 g/mol. The van der Waals surface area contributed by atoms with E-state index in [1.807, 2.05) is 95.5 Å². The highest BCUT2D eigenvalue weighted by Gasteiger charge is 2.19. The number of nitrogens with zero attached hydrogens (tertiary/aromatic N) is 3. The molecule has 6 heteroatoms. The molecule has 0 saturated heterocycles. The van der Waals surface area contributed by atoms with Crippen molar-refractivity contribution in [2.75, 3.05) is 0 Å². The number of benzene rings is 8. The van der Waals surface area contributed by atoms with Gasteiger partial charge in [-0.2, -0.15) is 0 Å². The lowest BCUT2D eigenvalue weighted by atomic mass is 9.93. The Morgan fingerprint density at radius 3 is 1.75 bits per heavy atom. The summed E-state index contributed by atoms with van der Waals surface area (Å²) in [6.07, 6.45) is 0. The topological polar surface area (TPSA) is 51.8 Å². The highest BCUT2D eigenvalue weighted by Crippen LogP contribution is 2.47. The number of aromatic nitrogens is 3. The zero-order valence-corrected chi connectivity index (χ0v) is 31.9. The molecule has 0 spiro atoms. The molecule has 8 aromatic carbocycles. The minimum Gasteiger partial charge on any atom is -0.456 e. The molecule has 0 N–H and O–H groups in total. The normalized spacial score (nSPS) is 11.9. The first kappa shape index (κ1) is 32.3. The Hall–Kier alpha value is -6.99. The van der Waals surface area contributed by atoms with E-state index in [1.54, 1.807) is 0 Å². The summed E-state index contributed by atoms with van der Waals surface area (Å²) in [6, 6.07) is 62.1. The van der Waals surface area contributed by atoms with Crippen LogP contribution in [0, 0.1) is 0 Å². The van der Waals surface area contributed by atoms with E-state index >= 15 is 0 Å². The summed E-state index contributed by atoms with van der Waals surface area (Å²) in [6.45, 7) is 0. The number of furan rings is 1. The van der Waals surface area contributed by atoms with Crippen molar-refractivity contribution < 1.29 is 4.42 Å². The molecular formula is C51H29N3OS2. The third-order valence-corrected chi connectivity index (χ3v) is 13.3. The van der Waals surface area contributed by atoms with Crippen LogP contribution in [0.3, 0.4) is 0 Å². The number of hydrogen-bond acceptors (Lipinski definition) is 6. The van der Waals surface area contributed by atoms with E-state index < -0.39 is 0 Å². The van der Waals surface area contributed by atoms with Gasteiger partial charge in [0.25, 0.3) is 0 Å². The van der Waals surface area contributed by atoms with Crippen LogP contribution < -0.4 is 0 Å². The van der Waals surface area contributed by atoms with Crippen molar-refractivity contribution in [2.24, 2.45) is 0 Å². The molecule has 0 aliphatic heterocycles. The average molecular weight is 764 g/mol. The summed E-state index contributed by atoms with van der Waals surface area (Å²) in [5.74, 6) is 1.97. The van der Waals surface area contributed by atoms with Gasteiger partial charge in [-0.25, -0.2) is 15.0 Å². The maximum absolute atomic E-state index is 6.39.